The highest BCUT2D eigenvalue weighted by molar-refractivity contribution is 5.36. The summed E-state index contributed by atoms with van der Waals surface area (Å²) in [7, 11) is 3.53. The number of nitrogens with zero attached hydrogens (tertiary/aromatic N) is 3. The topological polar surface area (TPSA) is 52.0 Å². The standard InChI is InChI=1S/C11H14N4O/c1-12-7-9-8-15(14-13-9)10-3-5-11(16-2)6-4-10/h3-6,8,12H,7H2,1-2H3. The van der Waals surface area contributed by atoms with Crippen molar-refractivity contribution in [3.63, 3.8) is 0 Å². The summed E-state index contributed by atoms with van der Waals surface area (Å²) in [6, 6.07) is 7.68. The quantitative estimate of drug-likeness (QED) is 0.831. The maximum absolute atomic E-state index is 5.09. The van der Waals surface area contributed by atoms with Crippen LogP contribution in [0.25, 0.3) is 5.69 Å². The molecule has 0 saturated carbocycles. The Kier molecular flexibility index (Phi) is 3.16. The first kappa shape index (κ1) is 10.6. The number of rotatable bonds is 4. The first-order valence-corrected chi connectivity index (χ1v) is 5.03. The Labute approximate surface area is 94.0 Å². The number of methoxy groups -OCH3 is 1. The van der Waals surface area contributed by atoms with Crippen molar-refractivity contribution in [2.24, 2.45) is 0 Å². The second-order valence-corrected chi connectivity index (χ2v) is 3.38. The van der Waals surface area contributed by atoms with Gasteiger partial charge in [-0.15, -0.1) is 5.10 Å². The molecule has 84 valence electrons. The number of hydrogen-bond acceptors (Lipinski definition) is 4. The third-order valence-electron chi connectivity index (χ3n) is 2.24. The minimum absolute atomic E-state index is 0.718. The minimum Gasteiger partial charge on any atom is -0.497 e. The average molecular weight is 218 g/mol. The summed E-state index contributed by atoms with van der Waals surface area (Å²) in [6.07, 6.45) is 1.90. The van der Waals surface area contributed by atoms with E-state index in [2.05, 4.69) is 15.6 Å². The molecule has 1 heterocycles. The number of benzene rings is 1. The van der Waals surface area contributed by atoms with Crippen molar-refractivity contribution < 1.29 is 4.74 Å². The van der Waals surface area contributed by atoms with E-state index in [4.69, 9.17) is 4.74 Å². The van der Waals surface area contributed by atoms with Gasteiger partial charge in [-0.2, -0.15) is 0 Å². The molecule has 2 aromatic rings. The molecule has 2 rings (SSSR count). The third kappa shape index (κ3) is 2.20. The van der Waals surface area contributed by atoms with Crippen LogP contribution in [0.4, 0.5) is 0 Å². The maximum atomic E-state index is 5.09. The van der Waals surface area contributed by atoms with Crippen LogP contribution in [0.2, 0.25) is 0 Å². The molecule has 0 spiro atoms. The fourth-order valence-corrected chi connectivity index (χ4v) is 1.42. The predicted molar refractivity (Wildman–Crippen MR) is 60.7 cm³/mol. The van der Waals surface area contributed by atoms with E-state index >= 15 is 0 Å². The Balaban J connectivity index is 2.21. The molecular formula is C11H14N4O. The van der Waals surface area contributed by atoms with E-state index in [0.29, 0.717) is 0 Å². The van der Waals surface area contributed by atoms with Gasteiger partial charge in [0.1, 0.15) is 5.75 Å². The van der Waals surface area contributed by atoms with Crippen LogP contribution in [0, 0.1) is 0 Å². The maximum Gasteiger partial charge on any atom is 0.119 e. The lowest BCUT2D eigenvalue weighted by atomic mass is 10.3. The van der Waals surface area contributed by atoms with Crippen LogP contribution in [0.1, 0.15) is 5.69 Å². The molecule has 1 aromatic heterocycles. The van der Waals surface area contributed by atoms with E-state index in [-0.39, 0.29) is 0 Å². The first-order chi connectivity index (χ1) is 7.83. The van der Waals surface area contributed by atoms with Crippen LogP contribution in [-0.4, -0.2) is 29.2 Å². The van der Waals surface area contributed by atoms with Gasteiger partial charge < -0.3 is 10.1 Å². The van der Waals surface area contributed by atoms with Gasteiger partial charge in [-0.05, 0) is 31.3 Å². The molecule has 0 aliphatic carbocycles. The van der Waals surface area contributed by atoms with Crippen LogP contribution >= 0.6 is 0 Å². The Hall–Kier alpha value is -1.88. The fraction of sp³-hybridized carbons (Fsp3) is 0.273. The van der Waals surface area contributed by atoms with Crippen molar-refractivity contribution in [1.82, 2.24) is 20.3 Å². The molecule has 0 amide bonds. The Morgan fingerprint density at radius 2 is 2.06 bits per heavy atom. The van der Waals surface area contributed by atoms with E-state index in [0.717, 1.165) is 23.7 Å². The lowest BCUT2D eigenvalue weighted by Gasteiger charge is -2.01. The number of ether oxygens (including phenoxy) is 1. The largest absolute Gasteiger partial charge is 0.497 e. The van der Waals surface area contributed by atoms with E-state index < -0.39 is 0 Å². The number of aromatic nitrogens is 3. The molecule has 1 N–H and O–H groups in total. The van der Waals surface area contributed by atoms with Gasteiger partial charge in [0.25, 0.3) is 0 Å². The summed E-state index contributed by atoms with van der Waals surface area (Å²) < 4.78 is 6.84. The highest BCUT2D eigenvalue weighted by Gasteiger charge is 2.01. The second kappa shape index (κ2) is 4.76. The van der Waals surface area contributed by atoms with Crippen molar-refractivity contribution in [2.45, 2.75) is 6.54 Å². The summed E-state index contributed by atoms with van der Waals surface area (Å²) in [5.74, 6) is 0.833. The zero-order chi connectivity index (χ0) is 11.4. The van der Waals surface area contributed by atoms with Crippen molar-refractivity contribution in [1.29, 1.82) is 0 Å². The highest BCUT2D eigenvalue weighted by Crippen LogP contribution is 2.13. The second-order valence-electron chi connectivity index (χ2n) is 3.38. The zero-order valence-electron chi connectivity index (χ0n) is 9.34. The molecule has 16 heavy (non-hydrogen) atoms. The monoisotopic (exact) mass is 218 g/mol. The van der Waals surface area contributed by atoms with E-state index in [9.17, 15) is 0 Å². The first-order valence-electron chi connectivity index (χ1n) is 5.03. The summed E-state index contributed by atoms with van der Waals surface area (Å²) in [6.45, 7) is 0.718. The Bertz CT molecular complexity index is 449. The fourth-order valence-electron chi connectivity index (χ4n) is 1.42. The molecule has 0 aliphatic heterocycles. The van der Waals surface area contributed by atoms with E-state index in [1.807, 2.05) is 37.5 Å². The van der Waals surface area contributed by atoms with E-state index in [1.54, 1.807) is 11.8 Å². The van der Waals surface area contributed by atoms with Gasteiger partial charge in [-0.1, -0.05) is 5.21 Å². The third-order valence-corrected chi connectivity index (χ3v) is 2.24. The number of hydrogen-bond donors (Lipinski definition) is 1. The van der Waals surface area contributed by atoms with Crippen LogP contribution in [0.5, 0.6) is 5.75 Å². The van der Waals surface area contributed by atoms with Gasteiger partial charge in [0, 0.05) is 6.54 Å². The van der Waals surface area contributed by atoms with Gasteiger partial charge in [-0.25, -0.2) is 4.68 Å². The van der Waals surface area contributed by atoms with Crippen molar-refractivity contribution >= 4 is 0 Å². The van der Waals surface area contributed by atoms with Gasteiger partial charge in [0.2, 0.25) is 0 Å². The highest BCUT2D eigenvalue weighted by atomic mass is 16.5. The summed E-state index contributed by atoms with van der Waals surface area (Å²) in [4.78, 5) is 0. The smallest absolute Gasteiger partial charge is 0.119 e. The molecule has 5 nitrogen and oxygen atoms in total. The van der Waals surface area contributed by atoms with Crippen LogP contribution in [0.3, 0.4) is 0 Å². The van der Waals surface area contributed by atoms with Gasteiger partial charge in [-0.3, -0.25) is 0 Å². The lowest BCUT2D eigenvalue weighted by molar-refractivity contribution is 0.414. The van der Waals surface area contributed by atoms with Crippen molar-refractivity contribution in [3.8, 4) is 11.4 Å². The van der Waals surface area contributed by atoms with Crippen molar-refractivity contribution in [3.05, 3.63) is 36.2 Å². The minimum atomic E-state index is 0.718. The molecule has 0 bridgehead atoms. The Morgan fingerprint density at radius 1 is 1.31 bits per heavy atom. The van der Waals surface area contributed by atoms with E-state index in [1.165, 1.54) is 0 Å². The van der Waals surface area contributed by atoms with Gasteiger partial charge in [0.15, 0.2) is 0 Å². The molecule has 5 heteroatoms. The molecular weight excluding hydrogens is 204 g/mol. The Morgan fingerprint density at radius 3 is 2.69 bits per heavy atom. The molecule has 1 aromatic carbocycles. The summed E-state index contributed by atoms with van der Waals surface area (Å²) in [5, 5.41) is 11.1. The van der Waals surface area contributed by atoms with Gasteiger partial charge in [0.05, 0.1) is 24.7 Å². The summed E-state index contributed by atoms with van der Waals surface area (Å²) in [5.41, 5.74) is 1.88. The predicted octanol–water partition coefficient (Wildman–Crippen LogP) is 0.995. The molecule has 0 fully saturated rings. The molecule has 0 saturated heterocycles. The number of nitrogens with one attached hydrogen (secondary N) is 1. The van der Waals surface area contributed by atoms with Crippen LogP contribution in [0.15, 0.2) is 30.5 Å². The molecule has 0 aliphatic rings. The normalized spacial score (nSPS) is 10.4. The zero-order valence-corrected chi connectivity index (χ0v) is 9.34. The SMILES string of the molecule is CNCc1cn(-c2ccc(OC)cc2)nn1. The molecule has 0 unspecified atom stereocenters. The summed E-state index contributed by atoms with van der Waals surface area (Å²) >= 11 is 0. The van der Waals surface area contributed by atoms with Crippen molar-refractivity contribution in [2.75, 3.05) is 14.2 Å². The average Bonchev–Trinajstić information content (AvgIpc) is 2.78. The molecule has 0 atom stereocenters. The lowest BCUT2D eigenvalue weighted by Crippen LogP contribution is -2.04. The molecule has 0 radical (unpaired) electrons. The van der Waals surface area contributed by atoms with Crippen LogP contribution in [-0.2, 0) is 6.54 Å². The van der Waals surface area contributed by atoms with Gasteiger partial charge >= 0.3 is 0 Å². The van der Waals surface area contributed by atoms with Crippen LogP contribution < -0.4 is 10.1 Å².